The first kappa shape index (κ1) is 10.7. The summed E-state index contributed by atoms with van der Waals surface area (Å²) < 4.78 is 36.5. The summed E-state index contributed by atoms with van der Waals surface area (Å²) in [4.78, 5) is 14.1. The van der Waals surface area contributed by atoms with Crippen molar-refractivity contribution in [2.75, 3.05) is 0 Å². The number of halogens is 3. The number of ketones is 1. The molecule has 0 spiro atoms. The van der Waals surface area contributed by atoms with Gasteiger partial charge in [-0.15, -0.1) is 0 Å². The van der Waals surface area contributed by atoms with Gasteiger partial charge in [-0.3, -0.25) is 9.78 Å². The topological polar surface area (TPSA) is 30.0 Å². The molecule has 1 rings (SSSR count). The van der Waals surface area contributed by atoms with Crippen LogP contribution in [0.2, 0.25) is 0 Å². The smallest absolute Gasteiger partial charge is 0.300 e. The van der Waals surface area contributed by atoms with Crippen LogP contribution in [0.25, 0.3) is 0 Å². The highest BCUT2D eigenvalue weighted by molar-refractivity contribution is 5.78. The van der Waals surface area contributed by atoms with Crippen LogP contribution in [0.3, 0.4) is 0 Å². The molecule has 1 aromatic rings. The van der Waals surface area contributed by atoms with E-state index < -0.39 is 11.7 Å². The van der Waals surface area contributed by atoms with Crippen molar-refractivity contribution in [1.29, 1.82) is 0 Å². The van der Waals surface area contributed by atoms with Gasteiger partial charge in [-0.05, 0) is 18.6 Å². The molecule has 0 saturated carbocycles. The van der Waals surface area contributed by atoms with Crippen LogP contribution in [0, 0.1) is 0 Å². The molecule has 1 heterocycles. The predicted molar refractivity (Wildman–Crippen MR) is 43.6 cm³/mol. The van der Waals surface area contributed by atoms with Gasteiger partial charge in [0.15, 0.2) is 0 Å². The molecule has 0 bridgehead atoms. The Hall–Kier alpha value is -1.39. The van der Waals surface area contributed by atoms with Crippen molar-refractivity contribution in [2.24, 2.45) is 0 Å². The number of hydrogen-bond donors (Lipinski definition) is 0. The van der Waals surface area contributed by atoms with Crippen LogP contribution in [0.5, 0.6) is 0 Å². The molecule has 0 aromatic carbocycles. The number of hydrogen-bond acceptors (Lipinski definition) is 2. The molecule has 0 unspecified atom stereocenters. The van der Waals surface area contributed by atoms with E-state index in [0.29, 0.717) is 0 Å². The minimum Gasteiger partial charge on any atom is -0.300 e. The normalized spacial score (nSPS) is 11.4. The molecule has 1 aromatic heterocycles. The van der Waals surface area contributed by atoms with Gasteiger partial charge in [-0.25, -0.2) is 0 Å². The Kier molecular flexibility index (Phi) is 2.88. The summed E-state index contributed by atoms with van der Waals surface area (Å²) in [5.41, 5.74) is -0.538. The number of Topliss-reactive ketones (excluding diaryl/α,β-unsaturated/α-hetero) is 1. The number of carbonyl (C=O) groups excluding carboxylic acids is 1. The van der Waals surface area contributed by atoms with E-state index in [2.05, 4.69) is 4.98 Å². The minimum absolute atomic E-state index is 0.0169. The molecule has 0 N–H and O–H groups in total. The Bertz CT molecular complexity index is 346. The summed E-state index contributed by atoms with van der Waals surface area (Å²) in [6.45, 7) is 1.32. The number of carbonyl (C=O) groups is 1. The molecule has 14 heavy (non-hydrogen) atoms. The SMILES string of the molecule is CC(=O)Cc1cncc(C(F)(F)F)c1. The van der Waals surface area contributed by atoms with Crippen molar-refractivity contribution in [3.8, 4) is 0 Å². The zero-order valence-electron chi connectivity index (χ0n) is 7.43. The Morgan fingerprint density at radius 3 is 2.57 bits per heavy atom. The van der Waals surface area contributed by atoms with Gasteiger partial charge in [-0.1, -0.05) is 0 Å². The van der Waals surface area contributed by atoms with Gasteiger partial charge in [0.2, 0.25) is 0 Å². The van der Waals surface area contributed by atoms with Crippen molar-refractivity contribution in [1.82, 2.24) is 4.98 Å². The van der Waals surface area contributed by atoms with E-state index in [4.69, 9.17) is 0 Å². The molecule has 0 radical (unpaired) electrons. The van der Waals surface area contributed by atoms with Gasteiger partial charge in [0, 0.05) is 18.8 Å². The fraction of sp³-hybridized carbons (Fsp3) is 0.333. The second-order valence-electron chi connectivity index (χ2n) is 2.96. The average molecular weight is 203 g/mol. The summed E-state index contributed by atoms with van der Waals surface area (Å²) in [6.07, 6.45) is -2.42. The molecule has 0 fully saturated rings. The standard InChI is InChI=1S/C9H8F3NO/c1-6(14)2-7-3-8(5-13-4-7)9(10,11)12/h3-5H,2H2,1H3. The zero-order chi connectivity index (χ0) is 10.8. The van der Waals surface area contributed by atoms with E-state index in [9.17, 15) is 18.0 Å². The van der Waals surface area contributed by atoms with Gasteiger partial charge < -0.3 is 0 Å². The summed E-state index contributed by atoms with van der Waals surface area (Å²) in [5, 5.41) is 0. The van der Waals surface area contributed by atoms with E-state index in [-0.39, 0.29) is 17.8 Å². The van der Waals surface area contributed by atoms with Crippen LogP contribution < -0.4 is 0 Å². The number of aromatic nitrogens is 1. The zero-order valence-corrected chi connectivity index (χ0v) is 7.43. The molecular weight excluding hydrogens is 195 g/mol. The fourth-order valence-electron chi connectivity index (χ4n) is 1.03. The highest BCUT2D eigenvalue weighted by atomic mass is 19.4. The first-order chi connectivity index (χ1) is 6.39. The fourth-order valence-corrected chi connectivity index (χ4v) is 1.03. The van der Waals surface area contributed by atoms with Crippen LogP contribution in [-0.2, 0) is 17.4 Å². The van der Waals surface area contributed by atoms with E-state index in [1.807, 2.05) is 0 Å². The summed E-state index contributed by atoms with van der Waals surface area (Å²) >= 11 is 0. The molecule has 2 nitrogen and oxygen atoms in total. The third kappa shape index (κ3) is 2.83. The second-order valence-corrected chi connectivity index (χ2v) is 2.96. The summed E-state index contributed by atoms with van der Waals surface area (Å²) in [5.74, 6) is -0.189. The van der Waals surface area contributed by atoms with Crippen molar-refractivity contribution >= 4 is 5.78 Å². The third-order valence-electron chi connectivity index (χ3n) is 1.58. The number of alkyl halides is 3. The van der Waals surface area contributed by atoms with Crippen LogP contribution in [-0.4, -0.2) is 10.8 Å². The number of nitrogens with zero attached hydrogens (tertiary/aromatic N) is 1. The molecule has 0 saturated heterocycles. The highest BCUT2D eigenvalue weighted by Gasteiger charge is 2.30. The summed E-state index contributed by atoms with van der Waals surface area (Å²) in [7, 11) is 0. The molecule has 76 valence electrons. The minimum atomic E-state index is -4.40. The lowest BCUT2D eigenvalue weighted by Gasteiger charge is -2.06. The van der Waals surface area contributed by atoms with Crippen molar-refractivity contribution < 1.29 is 18.0 Å². The van der Waals surface area contributed by atoms with Gasteiger partial charge in [-0.2, -0.15) is 13.2 Å². The Labute approximate surface area is 78.8 Å². The van der Waals surface area contributed by atoms with E-state index in [0.717, 1.165) is 12.3 Å². The first-order valence-corrected chi connectivity index (χ1v) is 3.90. The quantitative estimate of drug-likeness (QED) is 0.737. The lowest BCUT2D eigenvalue weighted by Crippen LogP contribution is -2.07. The third-order valence-corrected chi connectivity index (χ3v) is 1.58. The lowest BCUT2D eigenvalue weighted by molar-refractivity contribution is -0.138. The largest absolute Gasteiger partial charge is 0.417 e. The predicted octanol–water partition coefficient (Wildman–Crippen LogP) is 2.23. The maximum atomic E-state index is 12.2. The van der Waals surface area contributed by atoms with Crippen molar-refractivity contribution in [3.05, 3.63) is 29.6 Å². The summed E-state index contributed by atoms with van der Waals surface area (Å²) in [6, 6.07) is 0.939. The van der Waals surface area contributed by atoms with Crippen LogP contribution in [0.4, 0.5) is 13.2 Å². The van der Waals surface area contributed by atoms with Crippen molar-refractivity contribution in [3.63, 3.8) is 0 Å². The van der Waals surface area contributed by atoms with Gasteiger partial charge in [0.1, 0.15) is 5.78 Å². The maximum Gasteiger partial charge on any atom is 0.417 e. The van der Waals surface area contributed by atoms with Crippen LogP contribution in [0.15, 0.2) is 18.5 Å². The van der Waals surface area contributed by atoms with Crippen LogP contribution in [0.1, 0.15) is 18.1 Å². The monoisotopic (exact) mass is 203 g/mol. The van der Waals surface area contributed by atoms with Crippen molar-refractivity contribution in [2.45, 2.75) is 19.5 Å². The van der Waals surface area contributed by atoms with Crippen LogP contribution >= 0.6 is 0 Å². The van der Waals surface area contributed by atoms with Gasteiger partial charge >= 0.3 is 6.18 Å². The molecular formula is C9H8F3NO. The van der Waals surface area contributed by atoms with Gasteiger partial charge in [0.25, 0.3) is 0 Å². The maximum absolute atomic E-state index is 12.2. The van der Waals surface area contributed by atoms with E-state index in [1.54, 1.807) is 0 Å². The first-order valence-electron chi connectivity index (χ1n) is 3.90. The molecule has 0 aliphatic carbocycles. The number of pyridine rings is 1. The molecule has 0 aliphatic rings. The Balaban J connectivity index is 2.95. The lowest BCUT2D eigenvalue weighted by atomic mass is 10.1. The van der Waals surface area contributed by atoms with E-state index in [1.165, 1.54) is 13.1 Å². The van der Waals surface area contributed by atoms with Gasteiger partial charge in [0.05, 0.1) is 5.56 Å². The molecule has 0 aliphatic heterocycles. The Morgan fingerprint density at radius 2 is 2.07 bits per heavy atom. The number of rotatable bonds is 2. The molecule has 0 amide bonds. The van der Waals surface area contributed by atoms with E-state index >= 15 is 0 Å². The average Bonchev–Trinajstić information content (AvgIpc) is 2.01. The highest BCUT2D eigenvalue weighted by Crippen LogP contribution is 2.28. The second kappa shape index (κ2) is 3.77. The Morgan fingerprint density at radius 1 is 1.43 bits per heavy atom. The molecule has 5 heteroatoms. The molecule has 0 atom stereocenters.